The molecular weight excluding hydrogens is 228 g/mol. The maximum absolute atomic E-state index is 5.38. The van der Waals surface area contributed by atoms with Crippen molar-refractivity contribution in [3.05, 3.63) is 11.7 Å². The Morgan fingerprint density at radius 2 is 2.00 bits per heavy atom. The van der Waals surface area contributed by atoms with E-state index in [9.17, 15) is 0 Å². The van der Waals surface area contributed by atoms with Crippen molar-refractivity contribution >= 4 is 0 Å². The molecule has 1 aromatic heterocycles. The predicted octanol–water partition coefficient (Wildman–Crippen LogP) is 3.09. The van der Waals surface area contributed by atoms with E-state index >= 15 is 0 Å². The third-order valence-electron chi connectivity index (χ3n) is 4.24. The highest BCUT2D eigenvalue weighted by atomic mass is 16.5. The standard InChI is InChI=1S/C14H22N2O2/c1-2-4-12(5-3-1)14-15-13(18-16-14)7-6-11-8-9-17-10-11/h11-12H,1-10H2/t11-/m0/s1. The summed E-state index contributed by atoms with van der Waals surface area (Å²) in [6.07, 6.45) is 9.67. The molecule has 1 aliphatic heterocycles. The molecule has 0 spiro atoms. The second-order valence-corrected chi connectivity index (χ2v) is 5.65. The Bertz CT molecular complexity index is 366. The van der Waals surface area contributed by atoms with Crippen LogP contribution in [0, 0.1) is 5.92 Å². The van der Waals surface area contributed by atoms with Crippen molar-refractivity contribution in [1.82, 2.24) is 10.1 Å². The van der Waals surface area contributed by atoms with Gasteiger partial charge in [0.2, 0.25) is 5.89 Å². The van der Waals surface area contributed by atoms with Gasteiger partial charge in [0.25, 0.3) is 0 Å². The summed E-state index contributed by atoms with van der Waals surface area (Å²) < 4.78 is 10.8. The summed E-state index contributed by atoms with van der Waals surface area (Å²) in [6.45, 7) is 1.82. The van der Waals surface area contributed by atoms with Crippen LogP contribution in [-0.4, -0.2) is 23.4 Å². The first-order valence-corrected chi connectivity index (χ1v) is 7.32. The summed E-state index contributed by atoms with van der Waals surface area (Å²) in [5, 5.41) is 4.17. The minimum Gasteiger partial charge on any atom is -0.381 e. The molecule has 1 atom stereocenters. The lowest BCUT2D eigenvalue weighted by Gasteiger charge is -2.17. The maximum Gasteiger partial charge on any atom is 0.226 e. The summed E-state index contributed by atoms with van der Waals surface area (Å²) >= 11 is 0. The van der Waals surface area contributed by atoms with Crippen molar-refractivity contribution in [2.75, 3.05) is 13.2 Å². The van der Waals surface area contributed by atoms with E-state index in [1.54, 1.807) is 0 Å². The van der Waals surface area contributed by atoms with E-state index < -0.39 is 0 Å². The first-order valence-electron chi connectivity index (χ1n) is 7.32. The fourth-order valence-corrected chi connectivity index (χ4v) is 3.03. The fourth-order valence-electron chi connectivity index (χ4n) is 3.03. The summed E-state index contributed by atoms with van der Waals surface area (Å²) in [5.41, 5.74) is 0. The van der Waals surface area contributed by atoms with Gasteiger partial charge >= 0.3 is 0 Å². The number of aromatic nitrogens is 2. The second-order valence-electron chi connectivity index (χ2n) is 5.65. The Morgan fingerprint density at radius 3 is 2.78 bits per heavy atom. The van der Waals surface area contributed by atoms with E-state index in [-0.39, 0.29) is 0 Å². The molecule has 2 aliphatic rings. The van der Waals surface area contributed by atoms with Crippen molar-refractivity contribution in [1.29, 1.82) is 0 Å². The SMILES string of the molecule is C1CCC(c2noc(CC[C@H]3CCOC3)n2)CC1. The summed E-state index contributed by atoms with van der Waals surface area (Å²) in [7, 11) is 0. The highest BCUT2D eigenvalue weighted by molar-refractivity contribution is 4.97. The Kier molecular flexibility index (Phi) is 3.93. The van der Waals surface area contributed by atoms with Gasteiger partial charge in [0.15, 0.2) is 5.82 Å². The zero-order valence-electron chi connectivity index (χ0n) is 10.9. The van der Waals surface area contributed by atoms with Crippen LogP contribution in [-0.2, 0) is 11.2 Å². The summed E-state index contributed by atoms with van der Waals surface area (Å²) in [6, 6.07) is 0. The van der Waals surface area contributed by atoms with Gasteiger partial charge in [0, 0.05) is 25.6 Å². The normalized spacial score (nSPS) is 25.7. The van der Waals surface area contributed by atoms with Gasteiger partial charge < -0.3 is 9.26 Å². The fraction of sp³-hybridized carbons (Fsp3) is 0.857. The van der Waals surface area contributed by atoms with E-state index in [4.69, 9.17) is 9.26 Å². The smallest absolute Gasteiger partial charge is 0.226 e. The maximum atomic E-state index is 5.38. The van der Waals surface area contributed by atoms with Crippen LogP contribution in [0.15, 0.2) is 4.52 Å². The van der Waals surface area contributed by atoms with Crippen LogP contribution in [0.25, 0.3) is 0 Å². The van der Waals surface area contributed by atoms with Gasteiger partial charge in [0.1, 0.15) is 0 Å². The quantitative estimate of drug-likeness (QED) is 0.824. The first-order chi connectivity index (χ1) is 8.92. The van der Waals surface area contributed by atoms with Gasteiger partial charge in [-0.05, 0) is 31.6 Å². The molecule has 0 aromatic carbocycles. The Balaban J connectivity index is 1.52. The Morgan fingerprint density at radius 1 is 1.11 bits per heavy atom. The van der Waals surface area contributed by atoms with Crippen molar-refractivity contribution in [2.24, 2.45) is 5.92 Å². The second kappa shape index (κ2) is 5.83. The molecule has 0 bridgehead atoms. The Labute approximate surface area is 108 Å². The predicted molar refractivity (Wildman–Crippen MR) is 67.4 cm³/mol. The lowest BCUT2D eigenvalue weighted by atomic mass is 9.89. The molecule has 2 fully saturated rings. The van der Waals surface area contributed by atoms with Gasteiger partial charge in [0.05, 0.1) is 0 Å². The highest BCUT2D eigenvalue weighted by Gasteiger charge is 2.22. The third kappa shape index (κ3) is 2.91. The van der Waals surface area contributed by atoms with E-state index in [1.165, 1.54) is 38.5 Å². The highest BCUT2D eigenvalue weighted by Crippen LogP contribution is 2.31. The minimum absolute atomic E-state index is 0.547. The van der Waals surface area contributed by atoms with Crippen molar-refractivity contribution in [3.63, 3.8) is 0 Å². The molecule has 1 aliphatic carbocycles. The summed E-state index contributed by atoms with van der Waals surface area (Å²) in [5.74, 6) is 3.01. The molecule has 0 amide bonds. The molecule has 2 heterocycles. The van der Waals surface area contributed by atoms with Crippen molar-refractivity contribution < 1.29 is 9.26 Å². The number of aryl methyl sites for hydroxylation is 1. The van der Waals surface area contributed by atoms with E-state index in [0.29, 0.717) is 11.8 Å². The van der Waals surface area contributed by atoms with Crippen LogP contribution >= 0.6 is 0 Å². The molecule has 0 N–H and O–H groups in total. The van der Waals surface area contributed by atoms with Crippen molar-refractivity contribution in [2.45, 2.75) is 57.3 Å². The van der Waals surface area contributed by atoms with Gasteiger partial charge in [-0.3, -0.25) is 0 Å². The van der Waals surface area contributed by atoms with E-state index in [2.05, 4.69) is 10.1 Å². The lowest BCUT2D eigenvalue weighted by molar-refractivity contribution is 0.183. The van der Waals surface area contributed by atoms with Crippen LogP contribution in [0.4, 0.5) is 0 Å². The molecule has 18 heavy (non-hydrogen) atoms. The molecule has 1 saturated carbocycles. The third-order valence-corrected chi connectivity index (χ3v) is 4.24. The zero-order valence-corrected chi connectivity index (χ0v) is 10.9. The molecule has 3 rings (SSSR count). The van der Waals surface area contributed by atoms with Crippen molar-refractivity contribution in [3.8, 4) is 0 Å². The number of nitrogens with zero attached hydrogens (tertiary/aromatic N) is 2. The Hall–Kier alpha value is -0.900. The van der Waals surface area contributed by atoms with Gasteiger partial charge in [-0.2, -0.15) is 4.98 Å². The number of ether oxygens (including phenoxy) is 1. The van der Waals surface area contributed by atoms with E-state index in [0.717, 1.165) is 37.8 Å². The lowest BCUT2D eigenvalue weighted by Crippen LogP contribution is -2.06. The largest absolute Gasteiger partial charge is 0.381 e. The van der Waals surface area contributed by atoms with Crippen LogP contribution < -0.4 is 0 Å². The van der Waals surface area contributed by atoms with Gasteiger partial charge in [-0.15, -0.1) is 0 Å². The number of rotatable bonds is 4. The minimum atomic E-state index is 0.547. The molecule has 4 nitrogen and oxygen atoms in total. The van der Waals surface area contributed by atoms with Gasteiger partial charge in [-0.1, -0.05) is 24.4 Å². The van der Waals surface area contributed by atoms with Gasteiger partial charge in [-0.25, -0.2) is 0 Å². The topological polar surface area (TPSA) is 48.2 Å². The van der Waals surface area contributed by atoms with Crippen LogP contribution in [0.2, 0.25) is 0 Å². The monoisotopic (exact) mass is 250 g/mol. The van der Waals surface area contributed by atoms with Crippen LogP contribution in [0.3, 0.4) is 0 Å². The van der Waals surface area contributed by atoms with E-state index in [1.807, 2.05) is 0 Å². The van der Waals surface area contributed by atoms with Crippen LogP contribution in [0.1, 0.15) is 62.6 Å². The molecule has 1 saturated heterocycles. The molecule has 1 aromatic rings. The molecule has 0 unspecified atom stereocenters. The zero-order chi connectivity index (χ0) is 12.2. The molecular formula is C14H22N2O2. The molecule has 0 radical (unpaired) electrons. The average molecular weight is 250 g/mol. The summed E-state index contributed by atoms with van der Waals surface area (Å²) in [4.78, 5) is 4.58. The number of hydrogen-bond donors (Lipinski definition) is 0. The average Bonchev–Trinajstić information content (AvgIpc) is 3.09. The molecule has 4 heteroatoms. The van der Waals surface area contributed by atoms with Crippen LogP contribution in [0.5, 0.6) is 0 Å². The first kappa shape index (κ1) is 12.2. The number of hydrogen-bond acceptors (Lipinski definition) is 4. The molecule has 100 valence electrons.